The van der Waals surface area contributed by atoms with E-state index in [4.69, 9.17) is 0 Å². The molecule has 2 heteroatoms. The Morgan fingerprint density at radius 1 is 1.40 bits per heavy atom. The van der Waals surface area contributed by atoms with Gasteiger partial charge in [0, 0.05) is 12.3 Å². The van der Waals surface area contributed by atoms with Crippen LogP contribution in [0.5, 0.6) is 0 Å². The Hall–Kier alpha value is -0.370. The fraction of sp³-hybridized carbons (Fsp3) is 0.944. The second-order valence-electron chi connectivity index (χ2n) is 8.24. The van der Waals surface area contributed by atoms with E-state index in [2.05, 4.69) is 13.8 Å². The zero-order valence-corrected chi connectivity index (χ0v) is 13.7. The second-order valence-corrected chi connectivity index (χ2v) is 8.24. The Bertz CT molecular complexity index is 355. The van der Waals surface area contributed by atoms with E-state index in [0.717, 1.165) is 32.1 Å². The van der Waals surface area contributed by atoms with Crippen molar-refractivity contribution in [3.05, 3.63) is 0 Å². The normalized spacial score (nSPS) is 36.0. The van der Waals surface area contributed by atoms with Crippen LogP contribution in [0.4, 0.5) is 0 Å². The number of hydrogen-bond donors (Lipinski definition) is 1. The van der Waals surface area contributed by atoms with E-state index in [1.54, 1.807) is 0 Å². The van der Waals surface area contributed by atoms with Crippen molar-refractivity contribution in [1.29, 1.82) is 0 Å². The van der Waals surface area contributed by atoms with E-state index in [0.29, 0.717) is 23.5 Å². The number of Topliss-reactive ketones (excluding diaryl/α,β-unsaturated/α-hetero) is 1. The molecule has 0 amide bonds. The molecule has 1 N–H and O–H groups in total. The Labute approximate surface area is 124 Å². The highest BCUT2D eigenvalue weighted by atomic mass is 16.3. The molecule has 0 bridgehead atoms. The predicted octanol–water partition coefficient (Wildman–Crippen LogP) is 4.35. The molecule has 2 rings (SSSR count). The summed E-state index contributed by atoms with van der Waals surface area (Å²) in [6.45, 7) is 8.52. The van der Waals surface area contributed by atoms with E-state index in [-0.39, 0.29) is 5.41 Å². The largest absolute Gasteiger partial charge is 0.390 e. The molecule has 0 heterocycles. The van der Waals surface area contributed by atoms with Crippen molar-refractivity contribution in [3.8, 4) is 0 Å². The lowest BCUT2D eigenvalue weighted by Gasteiger charge is -2.42. The number of carbonyl (C=O) groups excluding carboxylic acids is 1. The first-order valence-electron chi connectivity index (χ1n) is 8.49. The summed E-state index contributed by atoms with van der Waals surface area (Å²) in [5, 5.41) is 9.82. The topological polar surface area (TPSA) is 37.3 Å². The molecule has 2 nitrogen and oxygen atoms in total. The van der Waals surface area contributed by atoms with Crippen LogP contribution in [0, 0.1) is 23.2 Å². The quantitative estimate of drug-likeness (QED) is 0.813. The lowest BCUT2D eigenvalue weighted by Crippen LogP contribution is -2.39. The highest BCUT2D eigenvalue weighted by Crippen LogP contribution is 2.57. The van der Waals surface area contributed by atoms with Crippen LogP contribution in [0.2, 0.25) is 0 Å². The van der Waals surface area contributed by atoms with Crippen molar-refractivity contribution in [2.24, 2.45) is 23.2 Å². The molecule has 0 unspecified atom stereocenters. The minimum atomic E-state index is -0.539. The second kappa shape index (κ2) is 5.79. The number of aliphatic hydroxyl groups is 1. The zero-order chi connectivity index (χ0) is 15.0. The summed E-state index contributed by atoms with van der Waals surface area (Å²) in [7, 11) is 0. The van der Waals surface area contributed by atoms with Crippen LogP contribution in [0.15, 0.2) is 0 Å². The molecular weight excluding hydrogens is 248 g/mol. The molecule has 0 saturated heterocycles. The molecule has 2 aliphatic rings. The van der Waals surface area contributed by atoms with Gasteiger partial charge >= 0.3 is 0 Å². The number of rotatable bonds is 5. The maximum Gasteiger partial charge on any atom is 0.136 e. The van der Waals surface area contributed by atoms with Crippen molar-refractivity contribution in [3.63, 3.8) is 0 Å². The van der Waals surface area contributed by atoms with Gasteiger partial charge in [-0.1, -0.05) is 26.7 Å². The van der Waals surface area contributed by atoms with E-state index in [1.165, 1.54) is 19.3 Å². The summed E-state index contributed by atoms with van der Waals surface area (Å²) in [5.41, 5.74) is -0.272. The Morgan fingerprint density at radius 3 is 2.75 bits per heavy atom. The Kier molecular flexibility index (Phi) is 4.63. The molecule has 116 valence electrons. The highest BCUT2D eigenvalue weighted by molar-refractivity contribution is 5.83. The van der Waals surface area contributed by atoms with E-state index in [9.17, 15) is 9.90 Å². The summed E-state index contributed by atoms with van der Waals surface area (Å²) in [6, 6.07) is 0. The maximum absolute atomic E-state index is 12.2. The third-order valence-electron chi connectivity index (χ3n) is 6.07. The van der Waals surface area contributed by atoms with Gasteiger partial charge in [-0.25, -0.2) is 0 Å². The standard InChI is InChI=1S/C18H32O2/c1-13(7-5-11-17(2,3)20)14-9-10-15-16(19)8-6-12-18(14,15)4/h13-15,20H,5-12H2,1-4H3/t13-,14+,15-,18+/m0/s1. The maximum atomic E-state index is 12.2. The van der Waals surface area contributed by atoms with Crippen molar-refractivity contribution in [2.45, 2.75) is 84.7 Å². The van der Waals surface area contributed by atoms with Gasteiger partial charge in [-0.05, 0) is 63.2 Å². The van der Waals surface area contributed by atoms with Gasteiger partial charge in [0.25, 0.3) is 0 Å². The molecule has 20 heavy (non-hydrogen) atoms. The van der Waals surface area contributed by atoms with E-state index in [1.807, 2.05) is 13.8 Å². The van der Waals surface area contributed by atoms with Gasteiger partial charge in [0.15, 0.2) is 0 Å². The van der Waals surface area contributed by atoms with Crippen LogP contribution < -0.4 is 0 Å². The molecule has 0 aromatic heterocycles. The fourth-order valence-electron chi connectivity index (χ4n) is 4.96. The summed E-state index contributed by atoms with van der Waals surface area (Å²) < 4.78 is 0. The fourth-order valence-corrected chi connectivity index (χ4v) is 4.96. The molecule has 0 aliphatic heterocycles. The van der Waals surface area contributed by atoms with Gasteiger partial charge in [-0.15, -0.1) is 0 Å². The van der Waals surface area contributed by atoms with Crippen molar-refractivity contribution in [1.82, 2.24) is 0 Å². The van der Waals surface area contributed by atoms with Gasteiger partial charge in [0.05, 0.1) is 5.60 Å². The molecule has 2 aliphatic carbocycles. The summed E-state index contributed by atoms with van der Waals surface area (Å²) in [4.78, 5) is 12.2. The van der Waals surface area contributed by atoms with Gasteiger partial charge in [-0.3, -0.25) is 4.79 Å². The highest BCUT2D eigenvalue weighted by Gasteiger charge is 2.52. The molecular formula is C18H32O2. The van der Waals surface area contributed by atoms with Crippen LogP contribution >= 0.6 is 0 Å². The minimum absolute atomic E-state index is 0.267. The van der Waals surface area contributed by atoms with Crippen LogP contribution in [0.3, 0.4) is 0 Å². The first kappa shape index (κ1) is 16.0. The molecule has 4 atom stereocenters. The van der Waals surface area contributed by atoms with Gasteiger partial charge in [-0.2, -0.15) is 0 Å². The zero-order valence-electron chi connectivity index (χ0n) is 13.7. The van der Waals surface area contributed by atoms with Crippen LogP contribution in [0.25, 0.3) is 0 Å². The first-order chi connectivity index (χ1) is 9.24. The van der Waals surface area contributed by atoms with E-state index >= 15 is 0 Å². The van der Waals surface area contributed by atoms with Crippen LogP contribution in [-0.2, 0) is 4.79 Å². The smallest absolute Gasteiger partial charge is 0.136 e. The molecule has 0 aromatic rings. The van der Waals surface area contributed by atoms with Gasteiger partial charge < -0.3 is 5.11 Å². The summed E-state index contributed by atoms with van der Waals surface area (Å²) in [5.74, 6) is 2.26. The molecule has 0 spiro atoms. The van der Waals surface area contributed by atoms with Gasteiger partial charge in [0.2, 0.25) is 0 Å². The number of hydrogen-bond acceptors (Lipinski definition) is 2. The third kappa shape index (κ3) is 3.27. The van der Waals surface area contributed by atoms with Crippen molar-refractivity contribution < 1.29 is 9.90 Å². The minimum Gasteiger partial charge on any atom is -0.390 e. The summed E-state index contributed by atoms with van der Waals surface area (Å²) in [6.07, 6.45) is 8.67. The predicted molar refractivity (Wildman–Crippen MR) is 82.5 cm³/mol. The van der Waals surface area contributed by atoms with Crippen LogP contribution in [0.1, 0.15) is 79.1 Å². The monoisotopic (exact) mass is 280 g/mol. The summed E-state index contributed by atoms with van der Waals surface area (Å²) >= 11 is 0. The van der Waals surface area contributed by atoms with Crippen molar-refractivity contribution >= 4 is 5.78 Å². The third-order valence-corrected chi connectivity index (χ3v) is 6.07. The Morgan fingerprint density at radius 2 is 2.10 bits per heavy atom. The van der Waals surface area contributed by atoms with Gasteiger partial charge in [0.1, 0.15) is 5.78 Å². The molecule has 2 saturated carbocycles. The lowest BCUT2D eigenvalue weighted by atomic mass is 9.62. The van der Waals surface area contributed by atoms with E-state index < -0.39 is 5.60 Å². The Balaban J connectivity index is 1.93. The average molecular weight is 280 g/mol. The van der Waals surface area contributed by atoms with Crippen LogP contribution in [-0.4, -0.2) is 16.5 Å². The average Bonchev–Trinajstić information content (AvgIpc) is 2.66. The molecule has 0 aromatic carbocycles. The SMILES string of the molecule is C[C@@H](CCCC(C)(C)O)[C@H]1CC[C@H]2C(=O)CCC[C@]12C. The molecule has 2 fully saturated rings. The number of carbonyl (C=O) groups is 1. The molecule has 0 radical (unpaired) electrons. The number of fused-ring (bicyclic) bond motifs is 1. The first-order valence-corrected chi connectivity index (χ1v) is 8.49. The van der Waals surface area contributed by atoms with Crippen molar-refractivity contribution in [2.75, 3.05) is 0 Å². The lowest BCUT2D eigenvalue weighted by molar-refractivity contribution is -0.130. The number of ketones is 1.